The molecule has 3 nitrogen and oxygen atoms in total. The molecule has 0 saturated heterocycles. The molecule has 0 atom stereocenters. The predicted octanol–water partition coefficient (Wildman–Crippen LogP) is 2.85. The Morgan fingerprint density at radius 2 is 2.00 bits per heavy atom. The molecule has 5 heteroatoms. The van der Waals surface area contributed by atoms with Crippen molar-refractivity contribution in [2.75, 3.05) is 18.5 Å². The summed E-state index contributed by atoms with van der Waals surface area (Å²) in [7, 11) is 0. The lowest BCUT2D eigenvalue weighted by molar-refractivity contribution is 0.329. The average molecular weight is 250 g/mol. The van der Waals surface area contributed by atoms with Crippen molar-refractivity contribution >= 4 is 5.82 Å². The minimum atomic E-state index is -0.912. The maximum atomic E-state index is 12.9. The molecule has 1 aromatic heterocycles. The molecule has 0 spiro atoms. The van der Waals surface area contributed by atoms with Crippen LogP contribution in [0.15, 0.2) is 42.6 Å². The van der Waals surface area contributed by atoms with Crippen LogP contribution in [0.1, 0.15) is 0 Å². The summed E-state index contributed by atoms with van der Waals surface area (Å²) >= 11 is 0. The van der Waals surface area contributed by atoms with E-state index in [1.807, 2.05) is 18.2 Å². The predicted molar refractivity (Wildman–Crippen MR) is 64.6 cm³/mol. The van der Waals surface area contributed by atoms with E-state index in [-0.39, 0.29) is 0 Å². The van der Waals surface area contributed by atoms with E-state index in [9.17, 15) is 8.78 Å². The zero-order valence-corrected chi connectivity index (χ0v) is 9.57. The second-order valence-corrected chi connectivity index (χ2v) is 3.57. The molecule has 0 aliphatic carbocycles. The van der Waals surface area contributed by atoms with E-state index >= 15 is 0 Å². The normalized spacial score (nSPS) is 10.1. The molecule has 0 aliphatic heterocycles. The van der Waals surface area contributed by atoms with Gasteiger partial charge in [-0.3, -0.25) is 0 Å². The molecule has 2 rings (SSSR count). The van der Waals surface area contributed by atoms with Crippen molar-refractivity contribution in [3.63, 3.8) is 0 Å². The van der Waals surface area contributed by atoms with Crippen LogP contribution >= 0.6 is 0 Å². The fourth-order valence-corrected chi connectivity index (χ4v) is 1.38. The lowest BCUT2D eigenvalue weighted by Gasteiger charge is -2.08. The Bertz CT molecular complexity index is 506. The summed E-state index contributed by atoms with van der Waals surface area (Å²) in [4.78, 5) is 4.07. The molecular formula is C13H12F2N2O. The molecule has 0 bridgehead atoms. The standard InChI is InChI=1S/C13H12F2N2O/c14-11-5-4-10(9-12(11)15)18-8-7-17-13-3-1-2-6-16-13/h1-6,9H,7-8H2,(H,16,17). The zero-order valence-electron chi connectivity index (χ0n) is 9.57. The van der Waals surface area contributed by atoms with Crippen molar-refractivity contribution in [1.29, 1.82) is 0 Å². The van der Waals surface area contributed by atoms with Gasteiger partial charge in [0.15, 0.2) is 11.6 Å². The first-order chi connectivity index (χ1) is 8.75. The lowest BCUT2D eigenvalue weighted by Crippen LogP contribution is -2.12. The van der Waals surface area contributed by atoms with E-state index < -0.39 is 11.6 Å². The number of anilines is 1. The molecule has 0 aliphatic rings. The Hall–Kier alpha value is -2.17. The minimum absolute atomic E-state index is 0.303. The lowest BCUT2D eigenvalue weighted by atomic mass is 10.3. The molecule has 1 N–H and O–H groups in total. The van der Waals surface area contributed by atoms with E-state index in [4.69, 9.17) is 4.74 Å². The minimum Gasteiger partial charge on any atom is -0.492 e. The molecule has 2 aromatic rings. The first kappa shape index (κ1) is 12.3. The van der Waals surface area contributed by atoms with Crippen LogP contribution in [0.25, 0.3) is 0 Å². The van der Waals surface area contributed by atoms with Gasteiger partial charge in [0.2, 0.25) is 0 Å². The Morgan fingerprint density at radius 3 is 2.72 bits per heavy atom. The van der Waals surface area contributed by atoms with Crippen LogP contribution in [0, 0.1) is 11.6 Å². The number of halogens is 2. The van der Waals surface area contributed by atoms with Crippen molar-refractivity contribution in [2.45, 2.75) is 0 Å². The molecule has 0 fully saturated rings. The van der Waals surface area contributed by atoms with Gasteiger partial charge in [-0.15, -0.1) is 0 Å². The maximum absolute atomic E-state index is 12.9. The van der Waals surface area contributed by atoms with E-state index in [1.54, 1.807) is 6.20 Å². The zero-order chi connectivity index (χ0) is 12.8. The van der Waals surface area contributed by atoms with Gasteiger partial charge < -0.3 is 10.1 Å². The van der Waals surface area contributed by atoms with Gasteiger partial charge in [-0.25, -0.2) is 13.8 Å². The number of hydrogen-bond acceptors (Lipinski definition) is 3. The topological polar surface area (TPSA) is 34.1 Å². The third-order valence-electron chi connectivity index (χ3n) is 2.23. The average Bonchev–Trinajstić information content (AvgIpc) is 2.40. The highest BCUT2D eigenvalue weighted by atomic mass is 19.2. The van der Waals surface area contributed by atoms with E-state index in [0.29, 0.717) is 18.9 Å². The van der Waals surface area contributed by atoms with Crippen molar-refractivity contribution in [3.05, 3.63) is 54.2 Å². The molecule has 18 heavy (non-hydrogen) atoms. The van der Waals surface area contributed by atoms with Crippen molar-refractivity contribution in [2.24, 2.45) is 0 Å². The largest absolute Gasteiger partial charge is 0.492 e. The summed E-state index contributed by atoms with van der Waals surface area (Å²) in [5.74, 6) is -0.748. The van der Waals surface area contributed by atoms with Crippen molar-refractivity contribution in [1.82, 2.24) is 4.98 Å². The molecule has 0 saturated carbocycles. The van der Waals surface area contributed by atoms with Gasteiger partial charge in [-0.1, -0.05) is 6.07 Å². The van der Waals surface area contributed by atoms with Gasteiger partial charge in [-0.2, -0.15) is 0 Å². The Morgan fingerprint density at radius 1 is 1.11 bits per heavy atom. The highest BCUT2D eigenvalue weighted by Gasteiger charge is 2.02. The summed E-state index contributed by atoms with van der Waals surface area (Å²) in [6, 6.07) is 8.97. The number of rotatable bonds is 5. The van der Waals surface area contributed by atoms with Crippen LogP contribution in [0.2, 0.25) is 0 Å². The molecule has 0 amide bonds. The molecule has 94 valence electrons. The Labute approximate surface area is 103 Å². The van der Waals surface area contributed by atoms with Crippen LogP contribution in [-0.4, -0.2) is 18.1 Å². The van der Waals surface area contributed by atoms with E-state index in [1.165, 1.54) is 6.07 Å². The van der Waals surface area contributed by atoms with Crippen LogP contribution in [0.5, 0.6) is 5.75 Å². The summed E-state index contributed by atoms with van der Waals surface area (Å²) in [5.41, 5.74) is 0. The third kappa shape index (κ3) is 3.41. The number of ether oxygens (including phenoxy) is 1. The molecule has 0 radical (unpaired) electrons. The third-order valence-corrected chi connectivity index (χ3v) is 2.23. The van der Waals surface area contributed by atoms with Gasteiger partial charge in [0.25, 0.3) is 0 Å². The fourth-order valence-electron chi connectivity index (χ4n) is 1.38. The van der Waals surface area contributed by atoms with Gasteiger partial charge in [0.1, 0.15) is 18.2 Å². The van der Waals surface area contributed by atoms with Gasteiger partial charge in [0.05, 0.1) is 6.54 Å². The number of pyridine rings is 1. The molecular weight excluding hydrogens is 238 g/mol. The number of hydrogen-bond donors (Lipinski definition) is 1. The number of nitrogens with zero attached hydrogens (tertiary/aromatic N) is 1. The summed E-state index contributed by atoms with van der Waals surface area (Å²) in [6.07, 6.45) is 1.68. The number of benzene rings is 1. The highest BCUT2D eigenvalue weighted by molar-refractivity contribution is 5.33. The highest BCUT2D eigenvalue weighted by Crippen LogP contribution is 2.15. The van der Waals surface area contributed by atoms with Crippen LogP contribution in [-0.2, 0) is 0 Å². The summed E-state index contributed by atoms with van der Waals surface area (Å²) < 4.78 is 30.8. The summed E-state index contributed by atoms with van der Waals surface area (Å²) in [6.45, 7) is 0.859. The van der Waals surface area contributed by atoms with E-state index in [2.05, 4.69) is 10.3 Å². The fraction of sp³-hybridized carbons (Fsp3) is 0.154. The molecule has 1 aromatic carbocycles. The van der Waals surface area contributed by atoms with Gasteiger partial charge in [-0.05, 0) is 24.3 Å². The van der Waals surface area contributed by atoms with Crippen LogP contribution < -0.4 is 10.1 Å². The first-order valence-electron chi connectivity index (χ1n) is 5.48. The van der Waals surface area contributed by atoms with Crippen LogP contribution in [0.4, 0.5) is 14.6 Å². The van der Waals surface area contributed by atoms with E-state index in [0.717, 1.165) is 18.0 Å². The summed E-state index contributed by atoms with van der Waals surface area (Å²) in [5, 5.41) is 3.04. The first-order valence-corrected chi connectivity index (χ1v) is 5.48. The second kappa shape index (κ2) is 5.95. The monoisotopic (exact) mass is 250 g/mol. The molecule has 1 heterocycles. The van der Waals surface area contributed by atoms with Gasteiger partial charge >= 0.3 is 0 Å². The smallest absolute Gasteiger partial charge is 0.162 e. The SMILES string of the molecule is Fc1ccc(OCCNc2ccccn2)cc1F. The van der Waals surface area contributed by atoms with Crippen LogP contribution in [0.3, 0.4) is 0 Å². The van der Waals surface area contributed by atoms with Crippen molar-refractivity contribution < 1.29 is 13.5 Å². The number of aromatic nitrogens is 1. The maximum Gasteiger partial charge on any atom is 0.162 e. The Balaban J connectivity index is 1.77. The van der Waals surface area contributed by atoms with Crippen molar-refractivity contribution in [3.8, 4) is 5.75 Å². The second-order valence-electron chi connectivity index (χ2n) is 3.57. The number of nitrogens with one attached hydrogen (secondary N) is 1. The quantitative estimate of drug-likeness (QED) is 0.828. The molecule has 0 unspecified atom stereocenters. The van der Waals surface area contributed by atoms with Gasteiger partial charge in [0, 0.05) is 12.3 Å². The Kier molecular flexibility index (Phi) is 4.06.